The molecule has 1 N–H and O–H groups in total. The molecule has 0 spiro atoms. The second kappa shape index (κ2) is 6.54. The summed E-state index contributed by atoms with van der Waals surface area (Å²) in [4.78, 5) is 18.6. The highest BCUT2D eigenvalue weighted by molar-refractivity contribution is 7.90. The van der Waals surface area contributed by atoms with Gasteiger partial charge in [0, 0.05) is 18.4 Å². The molecule has 134 valence electrons. The van der Waals surface area contributed by atoms with Gasteiger partial charge in [-0.2, -0.15) is 8.78 Å². The van der Waals surface area contributed by atoms with Crippen molar-refractivity contribution in [1.29, 1.82) is 0 Å². The van der Waals surface area contributed by atoms with Crippen LogP contribution in [0.4, 0.5) is 34.6 Å². The first kappa shape index (κ1) is 19.5. The maximum Gasteiger partial charge on any atom is 0.324 e. The van der Waals surface area contributed by atoms with Crippen LogP contribution >= 0.6 is 0 Å². The fourth-order valence-electron chi connectivity index (χ4n) is 1.55. The summed E-state index contributed by atoms with van der Waals surface area (Å²) in [5, 5.41) is 23.4. The molecule has 1 aromatic carbocycles. The van der Waals surface area contributed by atoms with Gasteiger partial charge < -0.3 is 5.32 Å². The predicted molar refractivity (Wildman–Crippen MR) is 72.3 cm³/mol. The van der Waals surface area contributed by atoms with Crippen molar-refractivity contribution in [3.8, 4) is 0 Å². The molecule has 0 unspecified atom stereocenters. The van der Waals surface area contributed by atoms with E-state index in [1.807, 2.05) is 0 Å². The summed E-state index contributed by atoms with van der Waals surface area (Å²) >= 11 is 0. The van der Waals surface area contributed by atoms with E-state index in [2.05, 4.69) is 0 Å². The highest BCUT2D eigenvalue weighted by atomic mass is 32.2. The zero-order valence-corrected chi connectivity index (χ0v) is 12.5. The predicted octanol–water partition coefficient (Wildman–Crippen LogP) is 2.22. The van der Waals surface area contributed by atoms with E-state index in [-0.39, 0.29) is 0 Å². The summed E-state index contributed by atoms with van der Waals surface area (Å²) < 4.78 is 72.9. The average molecular weight is 375 g/mol. The van der Waals surface area contributed by atoms with Gasteiger partial charge in [-0.15, -0.1) is 0 Å². The van der Waals surface area contributed by atoms with Gasteiger partial charge in [-0.1, -0.05) is 0 Å². The minimum absolute atomic E-state index is 0.408. The van der Waals surface area contributed by atoms with E-state index in [4.69, 9.17) is 0 Å². The zero-order chi connectivity index (χ0) is 18.9. The Morgan fingerprint density at radius 1 is 1.17 bits per heavy atom. The Morgan fingerprint density at radius 2 is 1.58 bits per heavy atom. The lowest BCUT2D eigenvalue weighted by atomic mass is 10.2. The van der Waals surface area contributed by atoms with E-state index in [0.29, 0.717) is 18.4 Å². The Labute approximate surface area is 131 Å². The van der Waals surface area contributed by atoms with Crippen molar-refractivity contribution < 1.29 is 35.8 Å². The molecular weight excluding hydrogens is 366 g/mol. The number of sulfone groups is 1. The lowest BCUT2D eigenvalue weighted by Gasteiger charge is -2.16. The van der Waals surface area contributed by atoms with Gasteiger partial charge in [0.1, 0.15) is 0 Å². The quantitative estimate of drug-likeness (QED) is 0.439. The molecule has 0 atom stereocenters. The minimum atomic E-state index is -4.61. The van der Waals surface area contributed by atoms with Crippen LogP contribution < -0.4 is 5.32 Å². The van der Waals surface area contributed by atoms with E-state index in [1.165, 1.54) is 5.32 Å². The summed E-state index contributed by atoms with van der Waals surface area (Å²) in [5.41, 5.74) is -3.53. The number of nitrogens with zero attached hydrogens (tertiary/aromatic N) is 2. The maximum atomic E-state index is 12.9. The second-order valence-electron chi connectivity index (χ2n) is 4.54. The number of nitrogens with one attached hydrogen (secondary N) is 1. The molecule has 9 nitrogen and oxygen atoms in total. The summed E-state index contributed by atoms with van der Waals surface area (Å²) in [6.07, 6.45) is -3.49. The summed E-state index contributed by atoms with van der Waals surface area (Å²) in [6.45, 7) is -1.83. The first-order valence-corrected chi connectivity index (χ1v) is 7.73. The number of rotatable bonds is 7. The molecule has 0 saturated heterocycles. The number of alkyl halides is 4. The zero-order valence-electron chi connectivity index (χ0n) is 11.7. The summed E-state index contributed by atoms with van der Waals surface area (Å²) in [5.74, 6) is -4.61. The van der Waals surface area contributed by atoms with E-state index in [0.717, 1.165) is 0 Å². The van der Waals surface area contributed by atoms with Crippen LogP contribution in [-0.4, -0.2) is 43.4 Å². The van der Waals surface area contributed by atoms with E-state index in [1.54, 1.807) is 0 Å². The number of hydrogen-bond donors (Lipinski definition) is 1. The van der Waals surface area contributed by atoms with E-state index < -0.39 is 60.5 Å². The largest absolute Gasteiger partial charge is 0.368 e. The Balaban J connectivity index is 3.52. The third kappa shape index (κ3) is 4.27. The SMILES string of the molecule is CS(=O)(=O)c1cc([N+](=O)[O-])c(NCC(F)(F)C(F)F)c([N+](=O)[O-])c1. The minimum Gasteiger partial charge on any atom is -0.368 e. The third-order valence-electron chi connectivity index (χ3n) is 2.71. The van der Waals surface area contributed by atoms with Crippen molar-refractivity contribution in [2.45, 2.75) is 17.2 Å². The van der Waals surface area contributed by atoms with E-state index in [9.17, 15) is 46.2 Å². The molecule has 0 heterocycles. The van der Waals surface area contributed by atoms with E-state index >= 15 is 0 Å². The van der Waals surface area contributed by atoms with Gasteiger partial charge in [0.25, 0.3) is 0 Å². The topological polar surface area (TPSA) is 132 Å². The number of nitro benzene ring substituents is 2. The smallest absolute Gasteiger partial charge is 0.324 e. The van der Waals surface area contributed by atoms with Crippen LogP contribution in [-0.2, 0) is 9.84 Å². The first-order chi connectivity index (χ1) is 10.8. The van der Waals surface area contributed by atoms with Gasteiger partial charge in [0.05, 0.1) is 21.3 Å². The molecule has 0 bridgehead atoms. The molecule has 24 heavy (non-hydrogen) atoms. The van der Waals surface area contributed by atoms with Crippen LogP contribution in [0.25, 0.3) is 0 Å². The van der Waals surface area contributed by atoms with Crippen molar-refractivity contribution in [1.82, 2.24) is 0 Å². The number of hydrogen-bond acceptors (Lipinski definition) is 7. The van der Waals surface area contributed by atoms with Crippen LogP contribution in [0.3, 0.4) is 0 Å². The molecule has 0 aromatic heterocycles. The monoisotopic (exact) mass is 375 g/mol. The molecule has 0 radical (unpaired) electrons. The number of anilines is 1. The fourth-order valence-corrected chi connectivity index (χ4v) is 2.20. The summed E-state index contributed by atoms with van der Waals surface area (Å²) in [6, 6.07) is 0.816. The lowest BCUT2D eigenvalue weighted by molar-refractivity contribution is -0.392. The normalized spacial score (nSPS) is 12.2. The van der Waals surface area contributed by atoms with Crippen molar-refractivity contribution in [2.24, 2.45) is 0 Å². The Hall–Kier alpha value is -2.51. The van der Waals surface area contributed by atoms with Gasteiger partial charge in [-0.3, -0.25) is 20.2 Å². The fraction of sp³-hybridized carbons (Fsp3) is 0.400. The molecule has 0 aliphatic carbocycles. The Bertz CT molecular complexity index is 748. The van der Waals surface area contributed by atoms with Gasteiger partial charge in [0.2, 0.25) is 0 Å². The molecule has 1 rings (SSSR count). The standard InChI is InChI=1S/C10H9F4N3O6S/c1-24(22,23)5-2-6(16(18)19)8(7(3-5)17(20)21)15-4-10(13,14)9(11)12/h2-3,9,15H,4H2,1H3. The van der Waals surface area contributed by atoms with Crippen LogP contribution in [0.15, 0.2) is 17.0 Å². The van der Waals surface area contributed by atoms with Gasteiger partial charge >= 0.3 is 23.7 Å². The molecule has 0 aliphatic heterocycles. The van der Waals surface area contributed by atoms with Gasteiger partial charge in [0.15, 0.2) is 15.5 Å². The second-order valence-corrected chi connectivity index (χ2v) is 6.55. The molecular formula is C10H9F4N3O6S. The van der Waals surface area contributed by atoms with Crippen molar-refractivity contribution in [3.63, 3.8) is 0 Å². The van der Waals surface area contributed by atoms with Crippen molar-refractivity contribution in [2.75, 3.05) is 18.1 Å². The number of benzene rings is 1. The van der Waals surface area contributed by atoms with Crippen molar-refractivity contribution >= 4 is 26.9 Å². The van der Waals surface area contributed by atoms with Crippen LogP contribution in [0.1, 0.15) is 0 Å². The number of nitro groups is 2. The van der Waals surface area contributed by atoms with Crippen LogP contribution in [0.2, 0.25) is 0 Å². The highest BCUT2D eigenvalue weighted by Crippen LogP contribution is 2.38. The van der Waals surface area contributed by atoms with Gasteiger partial charge in [-0.25, -0.2) is 17.2 Å². The van der Waals surface area contributed by atoms with Crippen LogP contribution in [0.5, 0.6) is 0 Å². The van der Waals surface area contributed by atoms with Crippen LogP contribution in [0, 0.1) is 20.2 Å². The first-order valence-electron chi connectivity index (χ1n) is 5.84. The summed E-state index contributed by atoms with van der Waals surface area (Å²) in [7, 11) is -4.09. The molecule has 0 saturated carbocycles. The highest BCUT2D eigenvalue weighted by Gasteiger charge is 2.42. The molecule has 0 amide bonds. The molecule has 1 aromatic rings. The molecule has 14 heteroatoms. The average Bonchev–Trinajstić information content (AvgIpc) is 2.42. The lowest BCUT2D eigenvalue weighted by Crippen LogP contribution is -2.35. The van der Waals surface area contributed by atoms with Gasteiger partial charge in [-0.05, 0) is 0 Å². The number of halogens is 4. The Morgan fingerprint density at radius 3 is 1.88 bits per heavy atom. The molecule has 0 aliphatic rings. The third-order valence-corrected chi connectivity index (χ3v) is 3.80. The Kier molecular flexibility index (Phi) is 5.33. The maximum absolute atomic E-state index is 12.9. The molecule has 0 fully saturated rings. The van der Waals surface area contributed by atoms with Crippen molar-refractivity contribution in [3.05, 3.63) is 32.4 Å².